The highest BCUT2D eigenvalue weighted by molar-refractivity contribution is 7.89. The van der Waals surface area contributed by atoms with Crippen LogP contribution in [0.3, 0.4) is 0 Å². The molecule has 2 N–H and O–H groups in total. The Labute approximate surface area is 180 Å². The lowest BCUT2D eigenvalue weighted by atomic mass is 9.95. The van der Waals surface area contributed by atoms with E-state index in [-0.39, 0.29) is 30.4 Å². The van der Waals surface area contributed by atoms with Gasteiger partial charge in [-0.3, -0.25) is 4.79 Å². The molecule has 0 spiro atoms. The Hall–Kier alpha value is -1.61. The quantitative estimate of drug-likeness (QED) is 0.688. The SMILES string of the molecule is NS(=O)(=O)CCCC(=O)N1CCC(c2nccn2Cc2cc(Cl)ccc2Cl)CC1. The molecule has 3 rings (SSSR count). The van der Waals surface area contributed by atoms with Crippen molar-refractivity contribution < 1.29 is 13.2 Å². The molecule has 29 heavy (non-hydrogen) atoms. The van der Waals surface area contributed by atoms with Gasteiger partial charge >= 0.3 is 0 Å². The molecule has 0 atom stereocenters. The van der Waals surface area contributed by atoms with Crippen LogP contribution in [0.1, 0.15) is 43.0 Å². The first kappa shape index (κ1) is 22.1. The second-order valence-electron chi connectivity index (χ2n) is 7.27. The third-order valence-electron chi connectivity index (χ3n) is 5.13. The summed E-state index contributed by atoms with van der Waals surface area (Å²) in [6.07, 6.45) is 5.77. The normalized spacial score (nSPS) is 15.6. The lowest BCUT2D eigenvalue weighted by molar-refractivity contribution is -0.132. The first-order chi connectivity index (χ1) is 13.7. The lowest BCUT2D eigenvalue weighted by Crippen LogP contribution is -2.38. The van der Waals surface area contributed by atoms with E-state index in [9.17, 15) is 13.2 Å². The first-order valence-electron chi connectivity index (χ1n) is 9.46. The zero-order chi connectivity index (χ0) is 21.0. The van der Waals surface area contributed by atoms with Gasteiger partial charge in [0.2, 0.25) is 15.9 Å². The number of hydrogen-bond donors (Lipinski definition) is 1. The number of nitrogens with two attached hydrogens (primary N) is 1. The number of aromatic nitrogens is 2. The van der Waals surface area contributed by atoms with E-state index in [1.165, 1.54) is 0 Å². The number of benzene rings is 1. The van der Waals surface area contributed by atoms with E-state index in [1.54, 1.807) is 23.2 Å². The maximum atomic E-state index is 12.3. The number of likely N-dealkylation sites (tertiary alicyclic amines) is 1. The summed E-state index contributed by atoms with van der Waals surface area (Å²) in [7, 11) is -3.52. The summed E-state index contributed by atoms with van der Waals surface area (Å²) in [4.78, 5) is 18.6. The Morgan fingerprint density at radius 2 is 1.97 bits per heavy atom. The van der Waals surface area contributed by atoms with Crippen LogP contribution >= 0.6 is 23.2 Å². The van der Waals surface area contributed by atoms with Crippen LogP contribution in [-0.4, -0.2) is 47.6 Å². The molecule has 1 fully saturated rings. The minimum Gasteiger partial charge on any atom is -0.343 e. The summed E-state index contributed by atoms with van der Waals surface area (Å²) in [5.74, 6) is 1.03. The zero-order valence-electron chi connectivity index (χ0n) is 15.9. The number of imidazole rings is 1. The smallest absolute Gasteiger partial charge is 0.222 e. The summed E-state index contributed by atoms with van der Waals surface area (Å²) in [5, 5.41) is 6.28. The van der Waals surface area contributed by atoms with Crippen molar-refractivity contribution in [1.29, 1.82) is 0 Å². The molecule has 2 aromatic rings. The second kappa shape index (κ2) is 9.47. The van der Waals surface area contributed by atoms with Crippen LogP contribution in [0.15, 0.2) is 30.6 Å². The summed E-state index contributed by atoms with van der Waals surface area (Å²) in [6.45, 7) is 1.84. The van der Waals surface area contributed by atoms with Gasteiger partial charge in [0.1, 0.15) is 5.82 Å². The van der Waals surface area contributed by atoms with Gasteiger partial charge in [-0.05, 0) is 43.0 Å². The summed E-state index contributed by atoms with van der Waals surface area (Å²) < 4.78 is 24.1. The molecule has 1 aromatic carbocycles. The predicted octanol–water partition coefficient (Wildman–Crippen LogP) is 3.01. The number of carbonyl (C=O) groups is 1. The Bertz CT molecular complexity index is 970. The maximum absolute atomic E-state index is 12.3. The molecule has 158 valence electrons. The van der Waals surface area contributed by atoms with Gasteiger partial charge in [-0.2, -0.15) is 0 Å². The van der Waals surface area contributed by atoms with Crippen molar-refractivity contribution in [2.45, 2.75) is 38.1 Å². The van der Waals surface area contributed by atoms with Crippen molar-refractivity contribution in [2.75, 3.05) is 18.8 Å². The molecular weight excluding hydrogens is 435 g/mol. The number of carbonyl (C=O) groups excluding carboxylic acids is 1. The predicted molar refractivity (Wildman–Crippen MR) is 114 cm³/mol. The molecule has 1 saturated heterocycles. The van der Waals surface area contributed by atoms with Crippen LogP contribution < -0.4 is 5.14 Å². The Balaban J connectivity index is 1.57. The van der Waals surface area contributed by atoms with Crippen LogP contribution in [0.4, 0.5) is 0 Å². The third-order valence-corrected chi connectivity index (χ3v) is 6.59. The minimum absolute atomic E-state index is 0.0267. The van der Waals surface area contributed by atoms with Crippen LogP contribution in [-0.2, 0) is 21.4 Å². The first-order valence-corrected chi connectivity index (χ1v) is 11.9. The second-order valence-corrected chi connectivity index (χ2v) is 9.85. The van der Waals surface area contributed by atoms with Gasteiger partial charge in [0.25, 0.3) is 0 Å². The molecule has 0 unspecified atom stereocenters. The number of piperidine rings is 1. The van der Waals surface area contributed by atoms with Crippen LogP contribution in [0.5, 0.6) is 0 Å². The highest BCUT2D eigenvalue weighted by Gasteiger charge is 2.26. The number of amides is 1. The summed E-state index contributed by atoms with van der Waals surface area (Å²) in [5.41, 5.74) is 0.931. The van der Waals surface area contributed by atoms with Gasteiger partial charge in [-0.25, -0.2) is 18.5 Å². The number of hydrogen-bond acceptors (Lipinski definition) is 4. The molecule has 0 radical (unpaired) electrons. The van der Waals surface area contributed by atoms with E-state index >= 15 is 0 Å². The molecule has 0 bridgehead atoms. The largest absolute Gasteiger partial charge is 0.343 e. The van der Waals surface area contributed by atoms with E-state index in [1.807, 2.05) is 12.3 Å². The average Bonchev–Trinajstić information content (AvgIpc) is 3.12. The molecule has 0 saturated carbocycles. The molecule has 0 aliphatic carbocycles. The topological polar surface area (TPSA) is 98.3 Å². The fraction of sp³-hybridized carbons (Fsp3) is 0.474. The molecule has 1 aliphatic rings. The van der Waals surface area contributed by atoms with Gasteiger partial charge in [0.15, 0.2) is 0 Å². The van der Waals surface area contributed by atoms with Gasteiger partial charge < -0.3 is 9.47 Å². The van der Waals surface area contributed by atoms with Crippen LogP contribution in [0, 0.1) is 0 Å². The fourth-order valence-corrected chi connectivity index (χ4v) is 4.55. The number of primary sulfonamides is 1. The molecule has 1 aromatic heterocycles. The number of nitrogens with zero attached hydrogens (tertiary/aromatic N) is 3. The Morgan fingerprint density at radius 3 is 2.66 bits per heavy atom. The molecule has 10 heteroatoms. The Kier molecular flexibility index (Phi) is 7.21. The van der Waals surface area contributed by atoms with Gasteiger partial charge in [0, 0.05) is 47.9 Å². The number of sulfonamides is 1. The monoisotopic (exact) mass is 458 g/mol. The van der Waals surface area contributed by atoms with Crippen molar-refractivity contribution in [1.82, 2.24) is 14.5 Å². The molecule has 2 heterocycles. The molecule has 1 amide bonds. The molecule has 1 aliphatic heterocycles. The van der Waals surface area contributed by atoms with Crippen molar-refractivity contribution in [3.8, 4) is 0 Å². The fourth-order valence-electron chi connectivity index (χ4n) is 3.63. The van der Waals surface area contributed by atoms with E-state index < -0.39 is 10.0 Å². The number of halogens is 2. The summed E-state index contributed by atoms with van der Waals surface area (Å²) in [6, 6.07) is 5.41. The van der Waals surface area contributed by atoms with E-state index in [4.69, 9.17) is 28.3 Å². The summed E-state index contributed by atoms with van der Waals surface area (Å²) >= 11 is 12.4. The van der Waals surface area contributed by atoms with Crippen molar-refractivity contribution >= 4 is 39.1 Å². The van der Waals surface area contributed by atoms with Crippen molar-refractivity contribution in [3.63, 3.8) is 0 Å². The lowest BCUT2D eigenvalue weighted by Gasteiger charge is -2.32. The van der Waals surface area contributed by atoms with Crippen LogP contribution in [0.25, 0.3) is 0 Å². The highest BCUT2D eigenvalue weighted by Crippen LogP contribution is 2.29. The van der Waals surface area contributed by atoms with Gasteiger partial charge in [-0.15, -0.1) is 0 Å². The third kappa shape index (κ3) is 6.18. The average molecular weight is 459 g/mol. The van der Waals surface area contributed by atoms with E-state index in [0.717, 1.165) is 24.2 Å². The van der Waals surface area contributed by atoms with Crippen molar-refractivity contribution in [2.24, 2.45) is 5.14 Å². The minimum atomic E-state index is -3.52. The zero-order valence-corrected chi connectivity index (χ0v) is 18.3. The Morgan fingerprint density at radius 1 is 1.24 bits per heavy atom. The molecular formula is C19H24Cl2N4O3S. The van der Waals surface area contributed by atoms with Crippen LogP contribution in [0.2, 0.25) is 10.0 Å². The van der Waals surface area contributed by atoms with Gasteiger partial charge in [-0.1, -0.05) is 23.2 Å². The van der Waals surface area contributed by atoms with E-state index in [0.29, 0.717) is 29.7 Å². The highest BCUT2D eigenvalue weighted by atomic mass is 35.5. The van der Waals surface area contributed by atoms with Crippen molar-refractivity contribution in [3.05, 3.63) is 52.0 Å². The maximum Gasteiger partial charge on any atom is 0.222 e. The van der Waals surface area contributed by atoms with Gasteiger partial charge in [0.05, 0.1) is 12.3 Å². The van der Waals surface area contributed by atoms with E-state index in [2.05, 4.69) is 9.55 Å². The standard InChI is InChI=1S/C19H24Cl2N4O3S/c20-16-3-4-17(21)15(12-16)13-25-10-7-23-19(25)14-5-8-24(9-6-14)18(26)2-1-11-29(22,27)28/h3-4,7,10,12,14H,1-2,5-6,8-9,11,13H2,(H2,22,27,28). The number of rotatable bonds is 7. The molecule has 7 nitrogen and oxygen atoms in total.